The highest BCUT2D eigenvalue weighted by atomic mass is 35.5. The Balaban J connectivity index is 1.62. The van der Waals surface area contributed by atoms with E-state index < -0.39 is 5.97 Å². The number of ether oxygens (including phenoxy) is 2. The van der Waals surface area contributed by atoms with Gasteiger partial charge >= 0.3 is 5.97 Å². The second-order valence-corrected chi connectivity index (χ2v) is 6.94. The van der Waals surface area contributed by atoms with E-state index in [0.717, 1.165) is 5.56 Å². The Morgan fingerprint density at radius 2 is 1.70 bits per heavy atom. The lowest BCUT2D eigenvalue weighted by atomic mass is 10.2. The molecule has 0 unspecified atom stereocenters. The maximum Gasteiger partial charge on any atom is 0.336 e. The van der Waals surface area contributed by atoms with Crippen molar-refractivity contribution in [2.24, 2.45) is 0 Å². The van der Waals surface area contributed by atoms with Crippen LogP contribution in [-0.2, 0) is 4.79 Å². The van der Waals surface area contributed by atoms with Gasteiger partial charge in [0.1, 0.15) is 11.5 Å². The lowest BCUT2D eigenvalue weighted by Gasteiger charge is -2.08. The Kier molecular flexibility index (Phi) is 7.12. The molecule has 0 aliphatic heterocycles. The summed E-state index contributed by atoms with van der Waals surface area (Å²) in [7, 11) is 1.56. The number of rotatable bonds is 6. The second kappa shape index (κ2) is 9.96. The molecule has 1 amide bonds. The number of halogens is 2. The molecule has 3 aromatic carbocycles. The number of benzene rings is 3. The summed E-state index contributed by atoms with van der Waals surface area (Å²) in [5.41, 5.74) is 1.53. The zero-order valence-corrected chi connectivity index (χ0v) is 17.4. The lowest BCUT2D eigenvalue weighted by Crippen LogP contribution is -2.12. The third-order valence-electron chi connectivity index (χ3n) is 4.05. The fraction of sp³-hybridized carbons (Fsp3) is 0.0435. The summed E-state index contributed by atoms with van der Waals surface area (Å²) in [5.74, 6) is 0.0377. The molecule has 0 bridgehead atoms. The molecular formula is C23H17Cl2NO4. The second-order valence-electron chi connectivity index (χ2n) is 6.10. The molecule has 0 spiro atoms. The van der Waals surface area contributed by atoms with Gasteiger partial charge in [0.15, 0.2) is 0 Å². The summed E-state index contributed by atoms with van der Waals surface area (Å²) in [6, 6.07) is 18.2. The van der Waals surface area contributed by atoms with Crippen LogP contribution in [0.3, 0.4) is 0 Å². The van der Waals surface area contributed by atoms with Gasteiger partial charge in [0, 0.05) is 22.2 Å². The van der Waals surface area contributed by atoms with Crippen LogP contribution in [0.1, 0.15) is 15.9 Å². The predicted octanol–water partition coefficient (Wildman–Crippen LogP) is 5.87. The Morgan fingerprint density at radius 1 is 0.967 bits per heavy atom. The molecule has 0 radical (unpaired) electrons. The summed E-state index contributed by atoms with van der Waals surface area (Å²) in [6.07, 6.45) is 2.91. The Bertz CT molecular complexity index is 1090. The van der Waals surface area contributed by atoms with Gasteiger partial charge in [0.2, 0.25) is 0 Å². The Hall–Kier alpha value is -3.28. The number of methoxy groups -OCH3 is 1. The van der Waals surface area contributed by atoms with Gasteiger partial charge in [-0.1, -0.05) is 41.4 Å². The molecular weight excluding hydrogens is 425 g/mol. The smallest absolute Gasteiger partial charge is 0.336 e. The molecule has 3 rings (SSSR count). The van der Waals surface area contributed by atoms with Gasteiger partial charge in [-0.05, 0) is 54.6 Å². The number of hydrogen-bond acceptors (Lipinski definition) is 4. The molecule has 0 aliphatic carbocycles. The number of anilines is 1. The molecule has 0 heterocycles. The predicted molar refractivity (Wildman–Crippen MR) is 119 cm³/mol. The molecule has 152 valence electrons. The van der Waals surface area contributed by atoms with E-state index in [-0.39, 0.29) is 5.91 Å². The number of carbonyl (C=O) groups excluding carboxylic acids is 2. The monoisotopic (exact) mass is 441 g/mol. The molecule has 0 atom stereocenters. The number of nitrogens with one attached hydrogen (secondary N) is 1. The van der Waals surface area contributed by atoms with Crippen molar-refractivity contribution >= 4 is 46.8 Å². The van der Waals surface area contributed by atoms with Gasteiger partial charge in [0.25, 0.3) is 5.91 Å². The van der Waals surface area contributed by atoms with E-state index >= 15 is 0 Å². The van der Waals surface area contributed by atoms with Crippen LogP contribution in [0, 0.1) is 0 Å². The number of carbonyl (C=O) groups is 2. The first-order valence-corrected chi connectivity index (χ1v) is 9.61. The van der Waals surface area contributed by atoms with E-state index in [9.17, 15) is 9.59 Å². The highest BCUT2D eigenvalue weighted by Crippen LogP contribution is 2.26. The van der Waals surface area contributed by atoms with Crippen LogP contribution in [0.4, 0.5) is 5.69 Å². The van der Waals surface area contributed by atoms with Crippen molar-refractivity contribution in [3.8, 4) is 11.5 Å². The minimum atomic E-state index is -0.552. The Labute approximate surface area is 183 Å². The molecule has 3 aromatic rings. The average molecular weight is 442 g/mol. The van der Waals surface area contributed by atoms with Gasteiger partial charge < -0.3 is 14.8 Å². The van der Waals surface area contributed by atoms with Crippen LogP contribution in [0.25, 0.3) is 6.08 Å². The van der Waals surface area contributed by atoms with Gasteiger partial charge in [0.05, 0.1) is 17.8 Å². The largest absolute Gasteiger partial charge is 0.496 e. The van der Waals surface area contributed by atoms with Gasteiger partial charge in [-0.2, -0.15) is 0 Å². The Morgan fingerprint density at radius 3 is 2.43 bits per heavy atom. The van der Waals surface area contributed by atoms with Crippen LogP contribution < -0.4 is 14.8 Å². The molecule has 0 aromatic heterocycles. The molecule has 0 fully saturated rings. The minimum absolute atomic E-state index is 0.307. The normalized spacial score (nSPS) is 10.6. The molecule has 5 nitrogen and oxygen atoms in total. The molecule has 1 N–H and O–H groups in total. The standard InChI is InChI=1S/C23H17Cl2NO4/c1-29-21-5-3-2-4-15(21)8-13-22(27)30-18-10-6-16(7-11-18)23(28)26-20-14-17(24)9-12-19(20)25/h2-14H,1H3,(H,26,28)/b13-8+. The van der Waals surface area contributed by atoms with Crippen LogP contribution in [0.5, 0.6) is 11.5 Å². The third kappa shape index (κ3) is 5.63. The van der Waals surface area contributed by atoms with Crippen molar-refractivity contribution in [3.05, 3.63) is 94.0 Å². The summed E-state index contributed by atoms with van der Waals surface area (Å²) < 4.78 is 10.5. The van der Waals surface area contributed by atoms with Crippen molar-refractivity contribution in [1.82, 2.24) is 0 Å². The van der Waals surface area contributed by atoms with Crippen LogP contribution in [-0.4, -0.2) is 19.0 Å². The van der Waals surface area contributed by atoms with E-state index in [1.54, 1.807) is 49.6 Å². The minimum Gasteiger partial charge on any atom is -0.496 e. The average Bonchev–Trinajstić information content (AvgIpc) is 2.75. The quantitative estimate of drug-likeness (QED) is 0.295. The molecule has 0 aliphatic rings. The topological polar surface area (TPSA) is 64.6 Å². The fourth-order valence-corrected chi connectivity index (χ4v) is 2.91. The highest BCUT2D eigenvalue weighted by Gasteiger charge is 2.10. The van der Waals surface area contributed by atoms with Crippen molar-refractivity contribution in [2.45, 2.75) is 0 Å². The van der Waals surface area contributed by atoms with Crippen LogP contribution in [0.2, 0.25) is 10.0 Å². The number of esters is 1. The summed E-state index contributed by atoms with van der Waals surface area (Å²) >= 11 is 12.0. The zero-order chi connectivity index (χ0) is 21.5. The van der Waals surface area contributed by atoms with E-state index in [1.165, 1.54) is 18.2 Å². The molecule has 0 saturated carbocycles. The van der Waals surface area contributed by atoms with Crippen LogP contribution >= 0.6 is 23.2 Å². The van der Waals surface area contributed by atoms with E-state index in [1.807, 2.05) is 18.2 Å². The summed E-state index contributed by atoms with van der Waals surface area (Å²) in [5, 5.41) is 3.52. The third-order valence-corrected chi connectivity index (χ3v) is 4.61. The van der Waals surface area contributed by atoms with E-state index in [2.05, 4.69) is 5.32 Å². The van der Waals surface area contributed by atoms with E-state index in [4.69, 9.17) is 32.7 Å². The molecule has 7 heteroatoms. The number of hydrogen-bond donors (Lipinski definition) is 1. The number of para-hydroxylation sites is 1. The van der Waals surface area contributed by atoms with Gasteiger partial charge in [-0.15, -0.1) is 0 Å². The first-order chi connectivity index (χ1) is 14.5. The first kappa shape index (κ1) is 21.4. The first-order valence-electron chi connectivity index (χ1n) is 8.85. The van der Waals surface area contributed by atoms with Gasteiger partial charge in [-0.25, -0.2) is 4.79 Å². The SMILES string of the molecule is COc1ccccc1/C=C/C(=O)Oc1ccc(C(=O)Nc2cc(Cl)ccc2Cl)cc1. The number of amides is 1. The van der Waals surface area contributed by atoms with Crippen molar-refractivity contribution in [1.29, 1.82) is 0 Å². The maximum absolute atomic E-state index is 12.4. The zero-order valence-electron chi connectivity index (χ0n) is 15.9. The lowest BCUT2D eigenvalue weighted by molar-refractivity contribution is -0.128. The van der Waals surface area contributed by atoms with E-state index in [0.29, 0.717) is 32.8 Å². The molecule has 0 saturated heterocycles. The van der Waals surface area contributed by atoms with Crippen molar-refractivity contribution in [3.63, 3.8) is 0 Å². The van der Waals surface area contributed by atoms with Crippen molar-refractivity contribution in [2.75, 3.05) is 12.4 Å². The highest BCUT2D eigenvalue weighted by molar-refractivity contribution is 6.35. The fourth-order valence-electron chi connectivity index (χ4n) is 2.57. The maximum atomic E-state index is 12.4. The van der Waals surface area contributed by atoms with Gasteiger partial charge in [-0.3, -0.25) is 4.79 Å². The molecule has 30 heavy (non-hydrogen) atoms. The summed E-state index contributed by atoms with van der Waals surface area (Å²) in [6.45, 7) is 0. The summed E-state index contributed by atoms with van der Waals surface area (Å²) in [4.78, 5) is 24.4. The van der Waals surface area contributed by atoms with Crippen molar-refractivity contribution < 1.29 is 19.1 Å². The van der Waals surface area contributed by atoms with Crippen LogP contribution in [0.15, 0.2) is 72.8 Å².